The van der Waals surface area contributed by atoms with Crippen molar-refractivity contribution >= 4 is 17.3 Å². The summed E-state index contributed by atoms with van der Waals surface area (Å²) in [6, 6.07) is 19.5. The van der Waals surface area contributed by atoms with E-state index in [-0.39, 0.29) is 11.4 Å². The molecule has 0 saturated carbocycles. The molecule has 3 aromatic carbocycles. The lowest BCUT2D eigenvalue weighted by molar-refractivity contribution is -0.120. The summed E-state index contributed by atoms with van der Waals surface area (Å²) in [6.45, 7) is 4.33. The molecule has 1 amide bonds. The molecule has 9 nitrogen and oxygen atoms in total. The SMILES string of the molecule is COCCOc1ccc(-c2[nH]c(=O)n([C@H](C(=O)Nc3ccc(N4CCC4)cc3F)[C@@H](C)c3ccccc3)c2O)cc1. The highest BCUT2D eigenvalue weighted by molar-refractivity contribution is 5.95. The van der Waals surface area contributed by atoms with Crippen molar-refractivity contribution in [2.24, 2.45) is 0 Å². The number of aromatic hydroxyl groups is 1. The summed E-state index contributed by atoms with van der Waals surface area (Å²) in [6.07, 6.45) is 1.06. The Balaban J connectivity index is 1.47. The molecule has 0 aliphatic carbocycles. The largest absolute Gasteiger partial charge is 0.493 e. The van der Waals surface area contributed by atoms with Crippen LogP contribution < -0.4 is 20.6 Å². The van der Waals surface area contributed by atoms with E-state index in [1.54, 1.807) is 44.4 Å². The van der Waals surface area contributed by atoms with Crippen molar-refractivity contribution in [3.05, 3.63) is 94.7 Å². The van der Waals surface area contributed by atoms with Crippen molar-refractivity contribution in [3.63, 3.8) is 0 Å². The number of aromatic amines is 1. The lowest BCUT2D eigenvalue weighted by atomic mass is 9.92. The van der Waals surface area contributed by atoms with Gasteiger partial charge in [-0.2, -0.15) is 0 Å². The van der Waals surface area contributed by atoms with Gasteiger partial charge in [-0.25, -0.2) is 13.8 Å². The van der Waals surface area contributed by atoms with Crippen LogP contribution in [-0.2, 0) is 9.53 Å². The quantitative estimate of drug-likeness (QED) is 0.225. The Morgan fingerprint density at radius 2 is 1.80 bits per heavy atom. The Labute approximate surface area is 237 Å². The molecular weight excluding hydrogens is 527 g/mol. The predicted octanol–water partition coefficient (Wildman–Crippen LogP) is 4.91. The maximum Gasteiger partial charge on any atom is 0.329 e. The molecule has 0 radical (unpaired) electrons. The molecule has 0 spiro atoms. The Morgan fingerprint density at radius 1 is 1.07 bits per heavy atom. The van der Waals surface area contributed by atoms with Gasteiger partial charge >= 0.3 is 5.69 Å². The zero-order valence-electron chi connectivity index (χ0n) is 23.0. The van der Waals surface area contributed by atoms with E-state index < -0.39 is 35.3 Å². The van der Waals surface area contributed by atoms with Gasteiger partial charge < -0.3 is 29.8 Å². The minimum absolute atomic E-state index is 0.00288. The molecule has 3 N–H and O–H groups in total. The van der Waals surface area contributed by atoms with Crippen LogP contribution in [0.25, 0.3) is 11.3 Å². The van der Waals surface area contributed by atoms with Gasteiger partial charge in [0.25, 0.3) is 0 Å². The summed E-state index contributed by atoms with van der Waals surface area (Å²) in [5.41, 5.74) is 1.53. The molecular formula is C31H33FN4O5. The normalized spacial score (nSPS) is 14.3. The molecule has 2 atom stereocenters. The number of halogens is 1. The van der Waals surface area contributed by atoms with E-state index in [4.69, 9.17) is 9.47 Å². The molecule has 2 heterocycles. The molecule has 1 saturated heterocycles. The maximum atomic E-state index is 15.1. The van der Waals surface area contributed by atoms with Crippen LogP contribution >= 0.6 is 0 Å². The van der Waals surface area contributed by atoms with Crippen molar-refractivity contribution < 1.29 is 23.8 Å². The molecule has 1 fully saturated rings. The van der Waals surface area contributed by atoms with Gasteiger partial charge in [-0.15, -0.1) is 0 Å². The van der Waals surface area contributed by atoms with Crippen LogP contribution in [0.5, 0.6) is 11.6 Å². The standard InChI is InChI=1S/C31H33FN4O5/c1-20(21-7-4-3-5-8-21)28(29(37)33-26-14-11-23(19-25(26)32)35-15-6-16-35)36-30(38)27(34-31(36)39)22-9-12-24(13-10-22)41-18-17-40-2/h3-5,7-14,19-20,28,38H,6,15-18H2,1-2H3,(H,33,37)(H,34,39)/t20-,28-/m0/s1. The fourth-order valence-electron chi connectivity index (χ4n) is 4.95. The first kappa shape index (κ1) is 28.0. The first-order valence-electron chi connectivity index (χ1n) is 13.5. The zero-order valence-corrected chi connectivity index (χ0v) is 23.0. The third-order valence-corrected chi connectivity index (χ3v) is 7.38. The average Bonchev–Trinajstić information content (AvgIpc) is 3.24. The monoisotopic (exact) mass is 560 g/mol. The second kappa shape index (κ2) is 12.3. The van der Waals surface area contributed by atoms with Crippen LogP contribution in [0.15, 0.2) is 77.6 Å². The van der Waals surface area contributed by atoms with Crippen LogP contribution in [0.3, 0.4) is 0 Å². The predicted molar refractivity (Wildman–Crippen MR) is 155 cm³/mol. The Bertz CT molecular complexity index is 1550. The second-order valence-corrected chi connectivity index (χ2v) is 10.0. The van der Waals surface area contributed by atoms with Gasteiger partial charge in [0, 0.05) is 37.4 Å². The fourth-order valence-corrected chi connectivity index (χ4v) is 4.95. The van der Waals surface area contributed by atoms with E-state index in [9.17, 15) is 14.7 Å². The lowest BCUT2D eigenvalue weighted by Crippen LogP contribution is -2.37. The number of imidazole rings is 1. The van der Waals surface area contributed by atoms with E-state index in [0.29, 0.717) is 24.5 Å². The first-order valence-corrected chi connectivity index (χ1v) is 13.5. The minimum Gasteiger partial charge on any atom is -0.493 e. The van der Waals surface area contributed by atoms with Crippen molar-refractivity contribution in [2.45, 2.75) is 25.3 Å². The number of hydrogen-bond acceptors (Lipinski definition) is 6. The van der Waals surface area contributed by atoms with Crippen LogP contribution in [0.1, 0.15) is 30.9 Å². The number of amides is 1. The number of rotatable bonds is 11. The van der Waals surface area contributed by atoms with Gasteiger partial charge in [-0.05, 0) is 54.4 Å². The summed E-state index contributed by atoms with van der Waals surface area (Å²) >= 11 is 0. The number of carbonyl (C=O) groups is 1. The van der Waals surface area contributed by atoms with Gasteiger partial charge in [-0.1, -0.05) is 37.3 Å². The molecule has 214 valence electrons. The number of anilines is 2. The van der Waals surface area contributed by atoms with Gasteiger partial charge in [-0.3, -0.25) is 4.79 Å². The molecule has 10 heteroatoms. The lowest BCUT2D eigenvalue weighted by Gasteiger charge is -2.33. The number of benzene rings is 3. The Kier molecular flexibility index (Phi) is 8.39. The average molecular weight is 561 g/mol. The number of H-pyrrole nitrogens is 1. The number of ether oxygens (including phenoxy) is 2. The molecule has 4 aromatic rings. The van der Waals surface area contributed by atoms with E-state index >= 15 is 4.39 Å². The number of nitrogens with zero attached hydrogens (tertiary/aromatic N) is 2. The molecule has 0 unspecified atom stereocenters. The molecule has 0 bridgehead atoms. The van der Waals surface area contributed by atoms with Gasteiger partial charge in [0.2, 0.25) is 11.8 Å². The second-order valence-electron chi connectivity index (χ2n) is 10.0. The number of nitrogens with one attached hydrogen (secondary N) is 2. The summed E-state index contributed by atoms with van der Waals surface area (Å²) in [5.74, 6) is -1.57. The zero-order chi connectivity index (χ0) is 28.9. The Hall–Kier alpha value is -4.57. The number of hydrogen-bond donors (Lipinski definition) is 3. The summed E-state index contributed by atoms with van der Waals surface area (Å²) in [4.78, 5) is 31.8. The summed E-state index contributed by atoms with van der Waals surface area (Å²) in [7, 11) is 1.59. The van der Waals surface area contributed by atoms with Crippen molar-refractivity contribution in [3.8, 4) is 22.9 Å². The molecule has 41 heavy (non-hydrogen) atoms. The van der Waals surface area contributed by atoms with Gasteiger partial charge in [0.05, 0.1) is 12.3 Å². The fraction of sp³-hybridized carbons (Fsp3) is 0.290. The van der Waals surface area contributed by atoms with Crippen LogP contribution in [0, 0.1) is 5.82 Å². The third-order valence-electron chi connectivity index (χ3n) is 7.38. The van der Waals surface area contributed by atoms with E-state index in [1.807, 2.05) is 35.2 Å². The van der Waals surface area contributed by atoms with Crippen LogP contribution in [0.4, 0.5) is 15.8 Å². The number of methoxy groups -OCH3 is 1. The Morgan fingerprint density at radius 3 is 2.44 bits per heavy atom. The highest BCUT2D eigenvalue weighted by Gasteiger charge is 2.34. The van der Waals surface area contributed by atoms with E-state index in [2.05, 4.69) is 10.3 Å². The highest BCUT2D eigenvalue weighted by Crippen LogP contribution is 2.36. The third kappa shape index (κ3) is 5.97. The molecule has 1 aliphatic heterocycles. The van der Waals surface area contributed by atoms with Crippen LogP contribution in [0.2, 0.25) is 0 Å². The van der Waals surface area contributed by atoms with E-state index in [0.717, 1.165) is 35.3 Å². The van der Waals surface area contributed by atoms with E-state index in [1.165, 1.54) is 12.1 Å². The number of aromatic nitrogens is 2. The topological polar surface area (TPSA) is 109 Å². The highest BCUT2D eigenvalue weighted by atomic mass is 19.1. The first-order chi connectivity index (χ1) is 19.9. The van der Waals surface area contributed by atoms with Crippen molar-refractivity contribution in [1.29, 1.82) is 0 Å². The maximum absolute atomic E-state index is 15.1. The molecule has 1 aliphatic rings. The van der Waals surface area contributed by atoms with Gasteiger partial charge in [0.15, 0.2) is 0 Å². The van der Waals surface area contributed by atoms with Crippen molar-refractivity contribution in [2.75, 3.05) is 43.6 Å². The molecule has 1 aromatic heterocycles. The number of carbonyl (C=O) groups excluding carboxylic acids is 1. The smallest absolute Gasteiger partial charge is 0.329 e. The molecule has 5 rings (SSSR count). The minimum atomic E-state index is -1.19. The van der Waals surface area contributed by atoms with Crippen LogP contribution in [-0.4, -0.2) is 54.0 Å². The summed E-state index contributed by atoms with van der Waals surface area (Å²) < 4.78 is 26.7. The summed E-state index contributed by atoms with van der Waals surface area (Å²) in [5, 5.41) is 13.9. The van der Waals surface area contributed by atoms with Gasteiger partial charge in [0.1, 0.15) is 29.9 Å². The van der Waals surface area contributed by atoms with Crippen molar-refractivity contribution in [1.82, 2.24) is 9.55 Å².